The summed E-state index contributed by atoms with van der Waals surface area (Å²) >= 11 is 3.54. The molecule has 0 aliphatic heterocycles. The Bertz CT molecular complexity index is 704. The summed E-state index contributed by atoms with van der Waals surface area (Å²) in [7, 11) is 1.68. The van der Waals surface area contributed by atoms with Crippen molar-refractivity contribution in [3.63, 3.8) is 0 Å². The van der Waals surface area contributed by atoms with E-state index in [1.807, 2.05) is 36.7 Å². The SMILES string of the molecule is COc1ccc(Cc2ncc3c(Br)cccn23)cc1. The van der Waals surface area contributed by atoms with Crippen molar-refractivity contribution < 1.29 is 4.74 Å². The van der Waals surface area contributed by atoms with E-state index < -0.39 is 0 Å². The number of nitrogens with zero attached hydrogens (tertiary/aromatic N) is 2. The summed E-state index contributed by atoms with van der Waals surface area (Å²) in [6.45, 7) is 0. The van der Waals surface area contributed by atoms with Crippen LogP contribution in [0, 0.1) is 0 Å². The van der Waals surface area contributed by atoms with E-state index in [1.165, 1.54) is 5.56 Å². The largest absolute Gasteiger partial charge is 0.497 e. The predicted molar refractivity (Wildman–Crippen MR) is 78.7 cm³/mol. The molecule has 0 fully saturated rings. The molecule has 3 nitrogen and oxygen atoms in total. The van der Waals surface area contributed by atoms with Gasteiger partial charge in [0.15, 0.2) is 0 Å². The van der Waals surface area contributed by atoms with E-state index in [2.05, 4.69) is 37.4 Å². The summed E-state index contributed by atoms with van der Waals surface area (Å²) in [4.78, 5) is 4.50. The molecule has 2 heterocycles. The smallest absolute Gasteiger partial charge is 0.118 e. The van der Waals surface area contributed by atoms with E-state index in [-0.39, 0.29) is 0 Å². The highest BCUT2D eigenvalue weighted by Gasteiger charge is 2.06. The van der Waals surface area contributed by atoms with E-state index in [9.17, 15) is 0 Å². The van der Waals surface area contributed by atoms with Gasteiger partial charge >= 0.3 is 0 Å². The zero-order valence-corrected chi connectivity index (χ0v) is 12.1. The number of methoxy groups -OCH3 is 1. The second-order valence-electron chi connectivity index (χ2n) is 4.31. The molecule has 19 heavy (non-hydrogen) atoms. The second kappa shape index (κ2) is 5.05. The van der Waals surface area contributed by atoms with Crippen LogP contribution >= 0.6 is 15.9 Å². The van der Waals surface area contributed by atoms with E-state index in [4.69, 9.17) is 4.74 Å². The number of benzene rings is 1. The highest BCUT2D eigenvalue weighted by atomic mass is 79.9. The molecule has 0 aliphatic rings. The average molecular weight is 317 g/mol. The third-order valence-corrected chi connectivity index (χ3v) is 3.79. The number of hydrogen-bond acceptors (Lipinski definition) is 2. The molecule has 0 spiro atoms. The fourth-order valence-corrected chi connectivity index (χ4v) is 2.54. The molecule has 3 aromatic rings. The molecule has 1 aromatic carbocycles. The molecule has 0 radical (unpaired) electrons. The lowest BCUT2D eigenvalue weighted by Crippen LogP contribution is -1.96. The quantitative estimate of drug-likeness (QED) is 0.736. The van der Waals surface area contributed by atoms with E-state index in [0.717, 1.165) is 28.0 Å². The van der Waals surface area contributed by atoms with Gasteiger partial charge in [0.1, 0.15) is 11.6 Å². The van der Waals surface area contributed by atoms with Gasteiger partial charge < -0.3 is 9.14 Å². The van der Waals surface area contributed by atoms with Gasteiger partial charge in [-0.25, -0.2) is 4.98 Å². The zero-order valence-electron chi connectivity index (χ0n) is 10.5. The molecule has 0 atom stereocenters. The van der Waals surface area contributed by atoms with Crippen LogP contribution in [-0.2, 0) is 6.42 Å². The molecular weight excluding hydrogens is 304 g/mol. The summed E-state index contributed by atoms with van der Waals surface area (Å²) in [6.07, 6.45) is 4.73. The Kier molecular flexibility index (Phi) is 3.25. The first kappa shape index (κ1) is 12.2. The summed E-state index contributed by atoms with van der Waals surface area (Å²) in [5.41, 5.74) is 2.30. The highest BCUT2D eigenvalue weighted by molar-refractivity contribution is 9.10. The van der Waals surface area contributed by atoms with Crippen molar-refractivity contribution in [3.8, 4) is 5.75 Å². The number of fused-ring (bicyclic) bond motifs is 1. The summed E-state index contributed by atoms with van der Waals surface area (Å²) in [5.74, 6) is 1.90. The molecule has 0 amide bonds. The minimum atomic E-state index is 0.800. The molecule has 0 saturated carbocycles. The fraction of sp³-hybridized carbons (Fsp3) is 0.133. The maximum Gasteiger partial charge on any atom is 0.118 e. The first-order valence-corrected chi connectivity index (χ1v) is 6.80. The van der Waals surface area contributed by atoms with Gasteiger partial charge in [-0.05, 0) is 45.8 Å². The van der Waals surface area contributed by atoms with Crippen LogP contribution in [0.3, 0.4) is 0 Å². The van der Waals surface area contributed by atoms with Gasteiger partial charge in [0.25, 0.3) is 0 Å². The molecule has 0 bridgehead atoms. The molecular formula is C15H13BrN2O. The lowest BCUT2D eigenvalue weighted by Gasteiger charge is -2.04. The molecule has 0 N–H and O–H groups in total. The standard InChI is InChI=1S/C15H13BrN2O/c1-19-12-6-4-11(5-7-12)9-15-17-10-14-13(16)3-2-8-18(14)15/h2-8,10H,9H2,1H3. The van der Waals surface area contributed by atoms with Gasteiger partial charge in [-0.15, -0.1) is 0 Å². The van der Waals surface area contributed by atoms with Crippen molar-refractivity contribution in [1.82, 2.24) is 9.38 Å². The van der Waals surface area contributed by atoms with Gasteiger partial charge in [-0.3, -0.25) is 0 Å². The number of ether oxygens (including phenoxy) is 1. The monoisotopic (exact) mass is 316 g/mol. The van der Waals surface area contributed by atoms with Gasteiger partial charge in [0.05, 0.1) is 18.8 Å². The third-order valence-electron chi connectivity index (χ3n) is 3.12. The molecule has 3 rings (SSSR count). The van der Waals surface area contributed by atoms with Crippen LogP contribution < -0.4 is 4.74 Å². The maximum absolute atomic E-state index is 5.16. The summed E-state index contributed by atoms with van der Waals surface area (Å²) < 4.78 is 8.33. The van der Waals surface area contributed by atoms with Crippen molar-refractivity contribution in [2.45, 2.75) is 6.42 Å². The number of hydrogen-bond donors (Lipinski definition) is 0. The lowest BCUT2D eigenvalue weighted by molar-refractivity contribution is 0.414. The van der Waals surface area contributed by atoms with Gasteiger partial charge in [-0.1, -0.05) is 12.1 Å². The van der Waals surface area contributed by atoms with Crippen LogP contribution in [-0.4, -0.2) is 16.5 Å². The molecule has 2 aromatic heterocycles. The fourth-order valence-electron chi connectivity index (χ4n) is 2.10. The van der Waals surface area contributed by atoms with Crippen LogP contribution in [0.25, 0.3) is 5.52 Å². The average Bonchev–Trinajstić information content (AvgIpc) is 2.84. The van der Waals surface area contributed by atoms with Crippen LogP contribution in [0.5, 0.6) is 5.75 Å². The number of halogens is 1. The van der Waals surface area contributed by atoms with Crippen LogP contribution in [0.4, 0.5) is 0 Å². The van der Waals surface area contributed by atoms with E-state index in [1.54, 1.807) is 7.11 Å². The normalized spacial score (nSPS) is 10.8. The van der Waals surface area contributed by atoms with Crippen LogP contribution in [0.15, 0.2) is 53.3 Å². The minimum absolute atomic E-state index is 0.800. The van der Waals surface area contributed by atoms with E-state index >= 15 is 0 Å². The van der Waals surface area contributed by atoms with Crippen LogP contribution in [0.1, 0.15) is 11.4 Å². The van der Waals surface area contributed by atoms with Crippen molar-refractivity contribution in [1.29, 1.82) is 0 Å². The summed E-state index contributed by atoms with van der Waals surface area (Å²) in [6, 6.07) is 12.1. The molecule has 96 valence electrons. The Hall–Kier alpha value is -1.81. The third kappa shape index (κ3) is 2.36. The molecule has 0 unspecified atom stereocenters. The Balaban J connectivity index is 1.94. The Labute approximate surface area is 120 Å². The Morgan fingerprint density at radius 1 is 1.21 bits per heavy atom. The number of pyridine rings is 1. The van der Waals surface area contributed by atoms with Crippen molar-refractivity contribution in [3.05, 3.63) is 64.7 Å². The molecule has 4 heteroatoms. The van der Waals surface area contributed by atoms with Crippen molar-refractivity contribution >= 4 is 21.4 Å². The maximum atomic E-state index is 5.16. The van der Waals surface area contributed by atoms with Crippen LogP contribution in [0.2, 0.25) is 0 Å². The number of rotatable bonds is 3. The highest BCUT2D eigenvalue weighted by Crippen LogP contribution is 2.20. The minimum Gasteiger partial charge on any atom is -0.497 e. The van der Waals surface area contributed by atoms with Crippen molar-refractivity contribution in [2.75, 3.05) is 7.11 Å². The first-order valence-electron chi connectivity index (χ1n) is 6.01. The number of aromatic nitrogens is 2. The summed E-state index contributed by atoms with van der Waals surface area (Å²) in [5, 5.41) is 0. The predicted octanol–water partition coefficient (Wildman–Crippen LogP) is 3.70. The van der Waals surface area contributed by atoms with Gasteiger partial charge in [0, 0.05) is 17.1 Å². The van der Waals surface area contributed by atoms with E-state index in [0.29, 0.717) is 0 Å². The molecule has 0 aliphatic carbocycles. The lowest BCUT2D eigenvalue weighted by atomic mass is 10.1. The molecule has 0 saturated heterocycles. The van der Waals surface area contributed by atoms with Crippen molar-refractivity contribution in [2.24, 2.45) is 0 Å². The van der Waals surface area contributed by atoms with Gasteiger partial charge in [-0.2, -0.15) is 0 Å². The first-order chi connectivity index (χ1) is 9.28. The van der Waals surface area contributed by atoms with Gasteiger partial charge in [0.2, 0.25) is 0 Å². The Morgan fingerprint density at radius 3 is 2.74 bits per heavy atom. The Morgan fingerprint density at radius 2 is 2.00 bits per heavy atom. The topological polar surface area (TPSA) is 26.5 Å². The second-order valence-corrected chi connectivity index (χ2v) is 5.16. The zero-order chi connectivity index (χ0) is 13.2. The number of imidazole rings is 1.